The van der Waals surface area contributed by atoms with Gasteiger partial charge >= 0.3 is 0 Å². The van der Waals surface area contributed by atoms with E-state index in [9.17, 15) is 0 Å². The summed E-state index contributed by atoms with van der Waals surface area (Å²) in [5.41, 5.74) is 2.17. The molecular weight excluding hydrogens is 278 g/mol. The highest BCUT2D eigenvalue weighted by Gasteiger charge is 2.29. The normalized spacial score (nSPS) is 24.4. The highest BCUT2D eigenvalue weighted by molar-refractivity contribution is 5.52. The lowest BCUT2D eigenvalue weighted by atomic mass is 10.1. The summed E-state index contributed by atoms with van der Waals surface area (Å²) in [7, 11) is 0. The van der Waals surface area contributed by atoms with Crippen molar-refractivity contribution in [2.24, 2.45) is 0 Å². The van der Waals surface area contributed by atoms with E-state index in [1.54, 1.807) is 0 Å². The largest absolute Gasteiger partial charge is 0.419 e. The second-order valence-corrected chi connectivity index (χ2v) is 6.20. The van der Waals surface area contributed by atoms with Gasteiger partial charge in [-0.05, 0) is 39.8 Å². The molecule has 1 aromatic heterocycles. The number of benzene rings is 1. The van der Waals surface area contributed by atoms with Crippen molar-refractivity contribution in [2.45, 2.75) is 45.9 Å². The van der Waals surface area contributed by atoms with Gasteiger partial charge in [0, 0.05) is 18.7 Å². The summed E-state index contributed by atoms with van der Waals surface area (Å²) >= 11 is 0. The Kier molecular flexibility index (Phi) is 4.27. The molecule has 3 rings (SSSR count). The Hall–Kier alpha value is -1.72. The van der Waals surface area contributed by atoms with Gasteiger partial charge < -0.3 is 9.15 Å². The summed E-state index contributed by atoms with van der Waals surface area (Å²) in [5.74, 6) is 1.24. The van der Waals surface area contributed by atoms with E-state index in [1.165, 1.54) is 5.56 Å². The van der Waals surface area contributed by atoms with Crippen LogP contribution in [0.15, 0.2) is 28.7 Å². The van der Waals surface area contributed by atoms with Gasteiger partial charge in [0.2, 0.25) is 11.8 Å². The van der Waals surface area contributed by atoms with Gasteiger partial charge in [-0.2, -0.15) is 0 Å². The predicted octanol–water partition coefficient (Wildman–Crippen LogP) is 3.22. The molecule has 1 aliphatic rings. The maximum atomic E-state index is 5.89. The first-order valence-corrected chi connectivity index (χ1v) is 7.83. The maximum Gasteiger partial charge on any atom is 0.247 e. The number of hydrogen-bond acceptors (Lipinski definition) is 5. The van der Waals surface area contributed by atoms with Gasteiger partial charge in [-0.15, -0.1) is 10.2 Å². The highest BCUT2D eigenvalue weighted by Crippen LogP contribution is 2.26. The van der Waals surface area contributed by atoms with Crippen LogP contribution >= 0.6 is 0 Å². The first-order valence-electron chi connectivity index (χ1n) is 7.83. The molecule has 5 heteroatoms. The zero-order valence-corrected chi connectivity index (χ0v) is 13.6. The molecule has 1 aliphatic heterocycles. The maximum absolute atomic E-state index is 5.89. The van der Waals surface area contributed by atoms with Gasteiger partial charge in [0.1, 0.15) is 0 Å². The first-order chi connectivity index (χ1) is 10.5. The molecular formula is C17H23N3O2. The third kappa shape index (κ3) is 3.20. The molecule has 22 heavy (non-hydrogen) atoms. The first kappa shape index (κ1) is 15.2. The van der Waals surface area contributed by atoms with Crippen LogP contribution in [-0.2, 0) is 4.74 Å². The molecule has 5 nitrogen and oxygen atoms in total. The van der Waals surface area contributed by atoms with Crippen LogP contribution in [0.4, 0.5) is 0 Å². The minimum atomic E-state index is 0.0977. The molecule has 1 aromatic carbocycles. The van der Waals surface area contributed by atoms with Crippen molar-refractivity contribution in [2.75, 3.05) is 13.1 Å². The Bertz CT molecular complexity index is 613. The second-order valence-electron chi connectivity index (χ2n) is 6.20. The predicted molar refractivity (Wildman–Crippen MR) is 84.5 cm³/mol. The Morgan fingerprint density at radius 2 is 1.73 bits per heavy atom. The Labute approximate surface area is 131 Å². The van der Waals surface area contributed by atoms with Gasteiger partial charge in [-0.3, -0.25) is 4.90 Å². The van der Waals surface area contributed by atoms with E-state index in [0.717, 1.165) is 18.7 Å². The lowest BCUT2D eigenvalue weighted by molar-refractivity contribution is -0.0814. The molecule has 3 unspecified atom stereocenters. The molecule has 0 radical (unpaired) electrons. The SMILES string of the molecule is Cc1ccc(-c2nnc(C(C)N3CC(C)OC(C)C3)o2)cc1. The monoisotopic (exact) mass is 301 g/mol. The fourth-order valence-electron chi connectivity index (χ4n) is 2.91. The topological polar surface area (TPSA) is 51.4 Å². The van der Waals surface area contributed by atoms with Crippen LogP contribution in [0.5, 0.6) is 0 Å². The van der Waals surface area contributed by atoms with E-state index in [-0.39, 0.29) is 18.2 Å². The molecule has 0 amide bonds. The van der Waals surface area contributed by atoms with Crippen molar-refractivity contribution in [3.05, 3.63) is 35.7 Å². The number of ether oxygens (including phenoxy) is 1. The van der Waals surface area contributed by atoms with Crippen LogP contribution in [0, 0.1) is 6.92 Å². The molecule has 2 aromatic rings. The summed E-state index contributed by atoms with van der Waals surface area (Å²) in [6.07, 6.45) is 0.455. The Morgan fingerprint density at radius 3 is 2.36 bits per heavy atom. The molecule has 118 valence electrons. The molecule has 0 bridgehead atoms. The minimum absolute atomic E-state index is 0.0977. The summed E-state index contributed by atoms with van der Waals surface area (Å²) < 4.78 is 11.7. The number of morpholine rings is 1. The summed E-state index contributed by atoms with van der Waals surface area (Å²) in [6, 6.07) is 8.22. The third-order valence-electron chi connectivity index (χ3n) is 4.09. The number of nitrogens with zero attached hydrogens (tertiary/aromatic N) is 3. The van der Waals surface area contributed by atoms with Crippen LogP contribution in [-0.4, -0.2) is 40.4 Å². The van der Waals surface area contributed by atoms with E-state index in [0.29, 0.717) is 11.8 Å². The third-order valence-corrected chi connectivity index (χ3v) is 4.09. The van der Waals surface area contributed by atoms with Crippen LogP contribution in [0.25, 0.3) is 11.5 Å². The van der Waals surface area contributed by atoms with Crippen LogP contribution in [0.1, 0.15) is 38.3 Å². The van der Waals surface area contributed by atoms with Crippen molar-refractivity contribution in [1.29, 1.82) is 0 Å². The van der Waals surface area contributed by atoms with E-state index < -0.39 is 0 Å². The lowest BCUT2D eigenvalue weighted by Gasteiger charge is -2.37. The summed E-state index contributed by atoms with van der Waals surface area (Å²) in [4.78, 5) is 2.34. The van der Waals surface area contributed by atoms with Crippen LogP contribution in [0.2, 0.25) is 0 Å². The Balaban J connectivity index is 1.76. The lowest BCUT2D eigenvalue weighted by Crippen LogP contribution is -2.46. The molecule has 1 fully saturated rings. The molecule has 0 spiro atoms. The van der Waals surface area contributed by atoms with E-state index in [4.69, 9.17) is 9.15 Å². The fourth-order valence-corrected chi connectivity index (χ4v) is 2.91. The molecule has 0 saturated carbocycles. The number of aromatic nitrogens is 2. The van der Waals surface area contributed by atoms with Crippen LogP contribution < -0.4 is 0 Å². The molecule has 3 atom stereocenters. The van der Waals surface area contributed by atoms with Gasteiger partial charge in [0.15, 0.2) is 0 Å². The quantitative estimate of drug-likeness (QED) is 0.871. The number of rotatable bonds is 3. The number of hydrogen-bond donors (Lipinski definition) is 0. The highest BCUT2D eigenvalue weighted by atomic mass is 16.5. The molecule has 0 N–H and O–H groups in total. The van der Waals surface area contributed by atoms with Gasteiger partial charge in [-0.25, -0.2) is 0 Å². The van der Waals surface area contributed by atoms with Crippen LogP contribution in [0.3, 0.4) is 0 Å². The standard InChI is InChI=1S/C17H23N3O2/c1-11-5-7-15(8-6-11)17-19-18-16(22-17)14(4)20-9-12(2)21-13(3)10-20/h5-8,12-14H,9-10H2,1-4H3. The fraction of sp³-hybridized carbons (Fsp3) is 0.529. The van der Waals surface area contributed by atoms with Gasteiger partial charge in [0.05, 0.1) is 18.2 Å². The zero-order valence-electron chi connectivity index (χ0n) is 13.6. The van der Waals surface area contributed by atoms with Gasteiger partial charge in [-0.1, -0.05) is 17.7 Å². The average molecular weight is 301 g/mol. The van der Waals surface area contributed by atoms with E-state index in [1.807, 2.05) is 24.3 Å². The van der Waals surface area contributed by atoms with E-state index >= 15 is 0 Å². The molecule has 0 aliphatic carbocycles. The van der Waals surface area contributed by atoms with Crippen molar-refractivity contribution >= 4 is 0 Å². The van der Waals surface area contributed by atoms with Crippen molar-refractivity contribution < 1.29 is 9.15 Å². The summed E-state index contributed by atoms with van der Waals surface area (Å²) in [5, 5.41) is 8.44. The summed E-state index contributed by atoms with van der Waals surface area (Å²) in [6.45, 7) is 10.1. The minimum Gasteiger partial charge on any atom is -0.419 e. The smallest absolute Gasteiger partial charge is 0.247 e. The Morgan fingerprint density at radius 1 is 1.09 bits per heavy atom. The molecule has 1 saturated heterocycles. The van der Waals surface area contributed by atoms with Crippen molar-refractivity contribution in [1.82, 2.24) is 15.1 Å². The average Bonchev–Trinajstić information content (AvgIpc) is 2.96. The molecule has 2 heterocycles. The number of aryl methyl sites for hydroxylation is 1. The van der Waals surface area contributed by atoms with Crippen molar-refractivity contribution in [3.63, 3.8) is 0 Å². The van der Waals surface area contributed by atoms with E-state index in [2.05, 4.69) is 42.8 Å². The second kappa shape index (κ2) is 6.18. The van der Waals surface area contributed by atoms with Gasteiger partial charge in [0.25, 0.3) is 0 Å². The zero-order chi connectivity index (χ0) is 15.7. The van der Waals surface area contributed by atoms with Crippen molar-refractivity contribution in [3.8, 4) is 11.5 Å².